The fourth-order valence-corrected chi connectivity index (χ4v) is 2.05. The van der Waals surface area contributed by atoms with Crippen LogP contribution in [0.15, 0.2) is 11.1 Å². The summed E-state index contributed by atoms with van der Waals surface area (Å²) in [6.07, 6.45) is 2.65. The van der Waals surface area contributed by atoms with Crippen molar-refractivity contribution in [3.05, 3.63) is 11.1 Å². The van der Waals surface area contributed by atoms with E-state index >= 15 is 0 Å². The van der Waals surface area contributed by atoms with Crippen molar-refractivity contribution in [2.45, 2.75) is 52.6 Å². The summed E-state index contributed by atoms with van der Waals surface area (Å²) in [4.78, 5) is 11.8. The van der Waals surface area contributed by atoms with E-state index in [9.17, 15) is 4.79 Å². The molecule has 1 heterocycles. The normalized spacial score (nSPS) is 20.3. The molecule has 0 bridgehead atoms. The molecule has 0 fully saturated rings. The summed E-state index contributed by atoms with van der Waals surface area (Å²) < 4.78 is 5.65. The Bertz CT molecular complexity index is 261. The van der Waals surface area contributed by atoms with E-state index in [0.29, 0.717) is 13.0 Å². The zero-order valence-electron chi connectivity index (χ0n) is 9.64. The molecule has 0 saturated heterocycles. The minimum atomic E-state index is -0.363. The smallest absolute Gasteiger partial charge is 0.161 e. The average Bonchev–Trinajstić information content (AvgIpc) is 2.41. The second-order valence-electron chi connectivity index (χ2n) is 4.30. The van der Waals surface area contributed by atoms with Crippen LogP contribution in [0.4, 0.5) is 0 Å². The molecule has 0 atom stereocenters. The SMILES string of the molecule is CCCC1=C(C(=O)CC)C(C)(C)OC1. The number of carbonyl (C=O) groups excluding carboxylic acids is 1. The molecule has 0 spiro atoms. The van der Waals surface area contributed by atoms with E-state index in [2.05, 4.69) is 6.92 Å². The van der Waals surface area contributed by atoms with Gasteiger partial charge in [-0.2, -0.15) is 0 Å². The molecule has 0 unspecified atom stereocenters. The predicted octanol–water partition coefficient (Wildman–Crippen LogP) is 2.87. The van der Waals surface area contributed by atoms with Gasteiger partial charge < -0.3 is 4.74 Å². The molecule has 1 rings (SSSR count). The number of ether oxygens (including phenoxy) is 1. The van der Waals surface area contributed by atoms with Crippen LogP contribution >= 0.6 is 0 Å². The summed E-state index contributed by atoms with van der Waals surface area (Å²) in [5.74, 6) is 0.246. The number of rotatable bonds is 4. The Morgan fingerprint density at radius 3 is 2.57 bits per heavy atom. The van der Waals surface area contributed by atoms with Crippen LogP contribution in [-0.2, 0) is 9.53 Å². The summed E-state index contributed by atoms with van der Waals surface area (Å²) in [6.45, 7) is 8.65. The van der Waals surface area contributed by atoms with E-state index in [-0.39, 0.29) is 11.4 Å². The largest absolute Gasteiger partial charge is 0.366 e. The molecule has 0 aromatic rings. The maximum absolute atomic E-state index is 11.8. The minimum Gasteiger partial charge on any atom is -0.366 e. The number of hydrogen-bond donors (Lipinski definition) is 0. The van der Waals surface area contributed by atoms with Crippen LogP contribution in [0.25, 0.3) is 0 Å². The lowest BCUT2D eigenvalue weighted by Crippen LogP contribution is -2.26. The van der Waals surface area contributed by atoms with Crippen LogP contribution in [0.1, 0.15) is 47.0 Å². The lowest BCUT2D eigenvalue weighted by Gasteiger charge is -2.20. The maximum Gasteiger partial charge on any atom is 0.161 e. The molecule has 0 aromatic carbocycles. The predicted molar refractivity (Wildman–Crippen MR) is 57.3 cm³/mol. The van der Waals surface area contributed by atoms with E-state index in [0.717, 1.165) is 18.4 Å². The van der Waals surface area contributed by atoms with Crippen molar-refractivity contribution >= 4 is 5.78 Å². The van der Waals surface area contributed by atoms with E-state index in [1.807, 2.05) is 20.8 Å². The summed E-state index contributed by atoms with van der Waals surface area (Å²) in [5.41, 5.74) is 1.78. The van der Waals surface area contributed by atoms with Crippen molar-refractivity contribution < 1.29 is 9.53 Å². The second-order valence-corrected chi connectivity index (χ2v) is 4.30. The first-order chi connectivity index (χ1) is 6.53. The third kappa shape index (κ3) is 2.06. The zero-order chi connectivity index (χ0) is 10.8. The standard InChI is InChI=1S/C12H20O2/c1-5-7-9-8-14-12(3,4)11(9)10(13)6-2/h5-8H2,1-4H3. The molecular weight excluding hydrogens is 176 g/mol. The van der Waals surface area contributed by atoms with Crippen molar-refractivity contribution in [3.63, 3.8) is 0 Å². The Balaban J connectivity index is 2.99. The van der Waals surface area contributed by atoms with Crippen LogP contribution in [0, 0.1) is 0 Å². The summed E-state index contributed by atoms with van der Waals surface area (Å²) >= 11 is 0. The fraction of sp³-hybridized carbons (Fsp3) is 0.750. The van der Waals surface area contributed by atoms with Crippen LogP contribution in [0.3, 0.4) is 0 Å². The molecule has 14 heavy (non-hydrogen) atoms. The van der Waals surface area contributed by atoms with Gasteiger partial charge in [0.1, 0.15) is 0 Å². The van der Waals surface area contributed by atoms with Crippen molar-refractivity contribution in [2.75, 3.05) is 6.61 Å². The summed E-state index contributed by atoms with van der Waals surface area (Å²) in [6, 6.07) is 0. The number of carbonyl (C=O) groups is 1. The Morgan fingerprint density at radius 1 is 1.43 bits per heavy atom. The first kappa shape index (κ1) is 11.4. The monoisotopic (exact) mass is 196 g/mol. The number of hydrogen-bond acceptors (Lipinski definition) is 2. The van der Waals surface area contributed by atoms with E-state index in [4.69, 9.17) is 4.74 Å². The Kier molecular flexibility index (Phi) is 3.48. The van der Waals surface area contributed by atoms with Crippen molar-refractivity contribution in [3.8, 4) is 0 Å². The third-order valence-corrected chi connectivity index (χ3v) is 2.71. The zero-order valence-corrected chi connectivity index (χ0v) is 9.64. The van der Waals surface area contributed by atoms with Gasteiger partial charge in [-0.25, -0.2) is 0 Å². The molecule has 0 saturated carbocycles. The highest BCUT2D eigenvalue weighted by molar-refractivity contribution is 5.98. The minimum absolute atomic E-state index is 0.246. The molecule has 2 heteroatoms. The Labute approximate surface area is 86.3 Å². The molecule has 1 aliphatic heterocycles. The van der Waals surface area contributed by atoms with Gasteiger partial charge in [0.05, 0.1) is 12.2 Å². The maximum atomic E-state index is 11.8. The van der Waals surface area contributed by atoms with Gasteiger partial charge in [0, 0.05) is 12.0 Å². The molecule has 0 N–H and O–H groups in total. The lowest BCUT2D eigenvalue weighted by atomic mass is 9.89. The van der Waals surface area contributed by atoms with Crippen LogP contribution in [-0.4, -0.2) is 18.0 Å². The first-order valence-corrected chi connectivity index (χ1v) is 5.42. The highest BCUT2D eigenvalue weighted by Gasteiger charge is 2.36. The second kappa shape index (κ2) is 4.26. The van der Waals surface area contributed by atoms with Gasteiger partial charge in [-0.1, -0.05) is 20.3 Å². The molecule has 1 aliphatic rings. The van der Waals surface area contributed by atoms with E-state index in [1.165, 1.54) is 5.57 Å². The van der Waals surface area contributed by atoms with E-state index < -0.39 is 0 Å². The molecule has 2 nitrogen and oxygen atoms in total. The van der Waals surface area contributed by atoms with Crippen LogP contribution in [0.2, 0.25) is 0 Å². The quantitative estimate of drug-likeness (QED) is 0.691. The highest BCUT2D eigenvalue weighted by atomic mass is 16.5. The van der Waals surface area contributed by atoms with E-state index in [1.54, 1.807) is 0 Å². The van der Waals surface area contributed by atoms with Gasteiger partial charge in [-0.15, -0.1) is 0 Å². The number of ketones is 1. The lowest BCUT2D eigenvalue weighted by molar-refractivity contribution is -0.117. The van der Waals surface area contributed by atoms with Crippen molar-refractivity contribution in [1.29, 1.82) is 0 Å². The summed E-state index contributed by atoms with van der Waals surface area (Å²) in [7, 11) is 0. The van der Waals surface area contributed by atoms with Crippen molar-refractivity contribution in [1.82, 2.24) is 0 Å². The molecule has 0 aromatic heterocycles. The molecule has 0 radical (unpaired) electrons. The highest BCUT2D eigenvalue weighted by Crippen LogP contribution is 2.34. The number of Topliss-reactive ketones (excluding diaryl/α,β-unsaturated/α-hetero) is 1. The van der Waals surface area contributed by atoms with Gasteiger partial charge in [-0.3, -0.25) is 4.79 Å². The average molecular weight is 196 g/mol. The van der Waals surface area contributed by atoms with Gasteiger partial charge >= 0.3 is 0 Å². The van der Waals surface area contributed by atoms with Gasteiger partial charge in [0.15, 0.2) is 5.78 Å². The van der Waals surface area contributed by atoms with Crippen molar-refractivity contribution in [2.24, 2.45) is 0 Å². The first-order valence-electron chi connectivity index (χ1n) is 5.42. The van der Waals surface area contributed by atoms with Crippen LogP contribution < -0.4 is 0 Å². The van der Waals surface area contributed by atoms with Gasteiger partial charge in [0.25, 0.3) is 0 Å². The topological polar surface area (TPSA) is 26.3 Å². The molecule has 0 amide bonds. The van der Waals surface area contributed by atoms with Gasteiger partial charge in [0.2, 0.25) is 0 Å². The van der Waals surface area contributed by atoms with Gasteiger partial charge in [-0.05, 0) is 25.8 Å². The molecule has 80 valence electrons. The third-order valence-electron chi connectivity index (χ3n) is 2.71. The fourth-order valence-electron chi connectivity index (χ4n) is 2.05. The summed E-state index contributed by atoms with van der Waals surface area (Å²) in [5, 5.41) is 0. The Morgan fingerprint density at radius 2 is 2.07 bits per heavy atom. The molecule has 0 aliphatic carbocycles. The Hall–Kier alpha value is -0.630. The molecular formula is C12H20O2. The van der Waals surface area contributed by atoms with Crippen LogP contribution in [0.5, 0.6) is 0 Å².